The normalized spacial score (nSPS) is 24.1. The van der Waals surface area contributed by atoms with Gasteiger partial charge in [0.25, 0.3) is 0 Å². The molecule has 0 bridgehead atoms. The Morgan fingerprint density at radius 3 is 3.06 bits per heavy atom. The minimum Gasteiger partial charge on any atom is -0.393 e. The molecule has 0 spiro atoms. The molecule has 1 aliphatic rings. The van der Waals surface area contributed by atoms with E-state index in [1.165, 1.54) is 0 Å². The van der Waals surface area contributed by atoms with Crippen molar-refractivity contribution in [1.29, 1.82) is 0 Å². The van der Waals surface area contributed by atoms with Gasteiger partial charge in [0.2, 0.25) is 0 Å². The summed E-state index contributed by atoms with van der Waals surface area (Å²) in [6, 6.07) is 1.62. The number of aliphatic hydroxyl groups excluding tert-OH is 1. The number of nitrogens with one attached hydrogen (secondary N) is 1. The smallest absolute Gasteiger partial charge is 0.324 e. The molecule has 1 saturated carbocycles. The first-order valence-corrected chi connectivity index (χ1v) is 7.13. The number of hydrogen-bond acceptors (Lipinski definition) is 5. The van der Waals surface area contributed by atoms with Gasteiger partial charge in [0.15, 0.2) is 0 Å². The number of thiophene rings is 1. The Labute approximate surface area is 110 Å². The van der Waals surface area contributed by atoms with E-state index >= 15 is 0 Å². The molecule has 1 aromatic heterocycles. The molecular weight excluding hydrogens is 252 g/mol. The molecule has 0 aliphatic heterocycles. The van der Waals surface area contributed by atoms with Gasteiger partial charge in [-0.3, -0.25) is 10.1 Å². The largest absolute Gasteiger partial charge is 0.393 e. The van der Waals surface area contributed by atoms with E-state index in [0.717, 1.165) is 49.1 Å². The van der Waals surface area contributed by atoms with Gasteiger partial charge < -0.3 is 10.4 Å². The van der Waals surface area contributed by atoms with Gasteiger partial charge in [-0.15, -0.1) is 0 Å². The molecule has 100 valence electrons. The Morgan fingerprint density at radius 1 is 1.56 bits per heavy atom. The maximum atomic E-state index is 10.5. The zero-order valence-electron chi connectivity index (χ0n) is 10.2. The molecule has 1 heterocycles. The molecule has 18 heavy (non-hydrogen) atoms. The lowest BCUT2D eigenvalue weighted by atomic mass is 9.87. The van der Waals surface area contributed by atoms with Crippen LogP contribution >= 0.6 is 11.3 Å². The lowest BCUT2D eigenvalue weighted by molar-refractivity contribution is -0.380. The number of nitrogens with zero attached hydrogens (tertiary/aromatic N) is 1. The highest BCUT2D eigenvalue weighted by Crippen LogP contribution is 2.24. The molecule has 2 atom stereocenters. The lowest BCUT2D eigenvalue weighted by Crippen LogP contribution is -2.28. The SMILES string of the molecule is O=[N+]([O-])c1cc(CNCC2CCCC(O)C2)cs1. The molecule has 0 saturated heterocycles. The van der Waals surface area contributed by atoms with Crippen molar-refractivity contribution >= 4 is 16.3 Å². The van der Waals surface area contributed by atoms with E-state index in [1.807, 2.05) is 5.38 Å². The van der Waals surface area contributed by atoms with Gasteiger partial charge in [0, 0.05) is 18.0 Å². The second-order valence-electron chi connectivity index (χ2n) is 4.87. The first-order chi connectivity index (χ1) is 8.65. The van der Waals surface area contributed by atoms with Gasteiger partial charge >= 0.3 is 5.00 Å². The Balaban J connectivity index is 1.72. The molecule has 0 radical (unpaired) electrons. The third kappa shape index (κ3) is 3.76. The summed E-state index contributed by atoms with van der Waals surface area (Å²) in [5.41, 5.74) is 0.961. The summed E-state index contributed by atoms with van der Waals surface area (Å²) in [5, 5.41) is 25.4. The van der Waals surface area contributed by atoms with Crippen molar-refractivity contribution in [2.24, 2.45) is 5.92 Å². The maximum absolute atomic E-state index is 10.5. The lowest BCUT2D eigenvalue weighted by Gasteiger charge is -2.25. The minimum atomic E-state index is -0.355. The monoisotopic (exact) mass is 270 g/mol. The summed E-state index contributed by atoms with van der Waals surface area (Å²) in [6.07, 6.45) is 3.91. The molecule has 5 nitrogen and oxygen atoms in total. The fraction of sp³-hybridized carbons (Fsp3) is 0.667. The fourth-order valence-electron chi connectivity index (χ4n) is 2.42. The molecule has 2 N–H and O–H groups in total. The van der Waals surface area contributed by atoms with Crippen LogP contribution in [0.1, 0.15) is 31.2 Å². The second kappa shape index (κ2) is 6.26. The van der Waals surface area contributed by atoms with Crippen molar-refractivity contribution in [3.63, 3.8) is 0 Å². The maximum Gasteiger partial charge on any atom is 0.324 e. The topological polar surface area (TPSA) is 75.4 Å². The van der Waals surface area contributed by atoms with E-state index in [9.17, 15) is 15.2 Å². The van der Waals surface area contributed by atoms with Crippen molar-refractivity contribution in [1.82, 2.24) is 5.32 Å². The van der Waals surface area contributed by atoms with Gasteiger partial charge in [-0.1, -0.05) is 17.8 Å². The summed E-state index contributed by atoms with van der Waals surface area (Å²) >= 11 is 1.16. The number of aliphatic hydroxyl groups is 1. The fourth-order valence-corrected chi connectivity index (χ4v) is 3.15. The zero-order chi connectivity index (χ0) is 13.0. The predicted octanol–water partition coefficient (Wildman–Crippen LogP) is 2.30. The Bertz CT molecular complexity index is 408. The van der Waals surface area contributed by atoms with E-state index in [0.29, 0.717) is 12.5 Å². The van der Waals surface area contributed by atoms with Crippen molar-refractivity contribution < 1.29 is 10.0 Å². The van der Waals surface area contributed by atoms with Crippen LogP contribution in [-0.4, -0.2) is 22.7 Å². The summed E-state index contributed by atoms with van der Waals surface area (Å²) in [4.78, 5) is 10.2. The highest BCUT2D eigenvalue weighted by molar-refractivity contribution is 7.13. The summed E-state index contributed by atoms with van der Waals surface area (Å²) in [6.45, 7) is 1.54. The molecule has 2 rings (SSSR count). The average Bonchev–Trinajstić information content (AvgIpc) is 2.78. The van der Waals surface area contributed by atoms with E-state index in [4.69, 9.17) is 0 Å². The number of nitro groups is 1. The van der Waals surface area contributed by atoms with Crippen LogP contribution in [0.15, 0.2) is 11.4 Å². The average molecular weight is 270 g/mol. The van der Waals surface area contributed by atoms with E-state index in [-0.39, 0.29) is 16.0 Å². The summed E-state index contributed by atoms with van der Waals surface area (Å²) < 4.78 is 0. The quantitative estimate of drug-likeness (QED) is 0.636. The van der Waals surface area contributed by atoms with Crippen molar-refractivity contribution in [3.8, 4) is 0 Å². The van der Waals surface area contributed by atoms with Crippen molar-refractivity contribution in [3.05, 3.63) is 27.1 Å². The van der Waals surface area contributed by atoms with Crippen LogP contribution in [0.3, 0.4) is 0 Å². The van der Waals surface area contributed by atoms with Crippen LogP contribution < -0.4 is 5.32 Å². The molecule has 0 aromatic carbocycles. The van der Waals surface area contributed by atoms with Crippen molar-refractivity contribution in [2.75, 3.05) is 6.54 Å². The molecule has 1 aromatic rings. The molecule has 0 amide bonds. The molecule has 1 fully saturated rings. The number of hydrogen-bond donors (Lipinski definition) is 2. The van der Waals surface area contributed by atoms with Crippen LogP contribution in [-0.2, 0) is 6.54 Å². The second-order valence-corrected chi connectivity index (χ2v) is 5.76. The van der Waals surface area contributed by atoms with Gasteiger partial charge in [0.1, 0.15) is 0 Å². The van der Waals surface area contributed by atoms with Crippen LogP contribution in [0.2, 0.25) is 0 Å². The minimum absolute atomic E-state index is 0.146. The summed E-state index contributed by atoms with van der Waals surface area (Å²) in [5.74, 6) is 0.530. The van der Waals surface area contributed by atoms with Crippen LogP contribution in [0.5, 0.6) is 0 Å². The first kappa shape index (κ1) is 13.5. The van der Waals surface area contributed by atoms with Gasteiger partial charge in [-0.05, 0) is 37.3 Å². The third-order valence-corrected chi connectivity index (χ3v) is 4.27. The first-order valence-electron chi connectivity index (χ1n) is 6.25. The molecule has 6 heteroatoms. The predicted molar refractivity (Wildman–Crippen MR) is 70.6 cm³/mol. The standard InChI is InChI=1S/C12H18N2O3S/c15-11-3-1-2-9(4-11)6-13-7-10-5-12(14(16)17)18-8-10/h5,8-9,11,13,15H,1-4,6-7H2. The Kier molecular flexibility index (Phi) is 4.68. The van der Waals surface area contributed by atoms with Crippen LogP contribution in [0.4, 0.5) is 5.00 Å². The van der Waals surface area contributed by atoms with Crippen molar-refractivity contribution in [2.45, 2.75) is 38.3 Å². The van der Waals surface area contributed by atoms with Gasteiger partial charge in [0.05, 0.1) is 11.0 Å². The molecule has 2 unspecified atom stereocenters. The van der Waals surface area contributed by atoms with Crippen LogP contribution in [0, 0.1) is 16.0 Å². The van der Waals surface area contributed by atoms with Gasteiger partial charge in [-0.2, -0.15) is 0 Å². The van der Waals surface area contributed by atoms with E-state index in [1.54, 1.807) is 6.07 Å². The molecular formula is C12H18N2O3S. The number of rotatable bonds is 5. The molecule has 1 aliphatic carbocycles. The van der Waals surface area contributed by atoms with Crippen LogP contribution in [0.25, 0.3) is 0 Å². The Hall–Kier alpha value is -0.980. The summed E-state index contributed by atoms with van der Waals surface area (Å²) in [7, 11) is 0. The highest BCUT2D eigenvalue weighted by atomic mass is 32.1. The Morgan fingerprint density at radius 2 is 2.39 bits per heavy atom. The third-order valence-electron chi connectivity index (χ3n) is 3.34. The van der Waals surface area contributed by atoms with E-state index in [2.05, 4.69) is 5.32 Å². The highest BCUT2D eigenvalue weighted by Gasteiger charge is 2.19. The van der Waals surface area contributed by atoms with Gasteiger partial charge in [-0.25, -0.2) is 0 Å². The zero-order valence-corrected chi connectivity index (χ0v) is 11.0. The van der Waals surface area contributed by atoms with E-state index < -0.39 is 0 Å².